The number of carbonyl (C=O) groups is 1. The van der Waals surface area contributed by atoms with Gasteiger partial charge in [0.05, 0.1) is 0 Å². The van der Waals surface area contributed by atoms with E-state index < -0.39 is 12.0 Å². The highest BCUT2D eigenvalue weighted by atomic mass is 16.4. The lowest BCUT2D eigenvalue weighted by atomic mass is 10.0. The van der Waals surface area contributed by atoms with Gasteiger partial charge in [-0.25, -0.2) is 4.79 Å². The molecule has 4 heteroatoms. The van der Waals surface area contributed by atoms with Crippen molar-refractivity contribution in [2.24, 2.45) is 10.7 Å². The van der Waals surface area contributed by atoms with Gasteiger partial charge in [0.2, 0.25) is 0 Å². The Bertz CT molecular complexity index is 509. The summed E-state index contributed by atoms with van der Waals surface area (Å²) in [5.74, 6) is -0.887. The number of aliphatic imine (C=N–C) groups is 1. The zero-order valence-electron chi connectivity index (χ0n) is 13.9. The first-order valence-corrected chi connectivity index (χ1v) is 8.39. The van der Waals surface area contributed by atoms with Gasteiger partial charge >= 0.3 is 5.97 Å². The molecule has 0 aromatic heterocycles. The summed E-state index contributed by atoms with van der Waals surface area (Å²) in [6.45, 7) is 2.66. The molecule has 0 heterocycles. The Morgan fingerprint density at radius 3 is 2.61 bits per heavy atom. The standard InChI is InChI=1S/C19H28N2O2/c1-2-3-5-11-17(14-16-9-6-4-7-10-16)15-21-18(19(22)23)12-8-13-20/h4,6-7,9-10,14-15,18H,2-3,5,8,11-13,20H2,1H3,(H,22,23)/b17-14+,21-15?. The molecule has 1 rings (SSSR count). The minimum atomic E-state index is -0.887. The van der Waals surface area contributed by atoms with Crippen LogP contribution >= 0.6 is 0 Å². The first-order valence-electron chi connectivity index (χ1n) is 8.39. The third-order valence-electron chi connectivity index (χ3n) is 3.61. The van der Waals surface area contributed by atoms with Crippen LogP contribution in [0.2, 0.25) is 0 Å². The molecule has 0 aliphatic carbocycles. The van der Waals surface area contributed by atoms with Crippen LogP contribution in [-0.4, -0.2) is 29.9 Å². The summed E-state index contributed by atoms with van der Waals surface area (Å²) < 4.78 is 0. The monoisotopic (exact) mass is 316 g/mol. The van der Waals surface area contributed by atoms with Crippen LogP contribution in [0.4, 0.5) is 0 Å². The Labute approximate surface area is 139 Å². The average molecular weight is 316 g/mol. The van der Waals surface area contributed by atoms with E-state index in [-0.39, 0.29) is 0 Å². The van der Waals surface area contributed by atoms with Crippen LogP contribution in [0.5, 0.6) is 0 Å². The van der Waals surface area contributed by atoms with E-state index in [9.17, 15) is 9.90 Å². The van der Waals surface area contributed by atoms with Crippen LogP contribution < -0.4 is 5.73 Å². The van der Waals surface area contributed by atoms with Crippen molar-refractivity contribution in [3.63, 3.8) is 0 Å². The molecule has 1 aromatic carbocycles. The third-order valence-corrected chi connectivity index (χ3v) is 3.61. The number of nitrogens with two attached hydrogens (primary N) is 1. The van der Waals surface area contributed by atoms with Crippen molar-refractivity contribution >= 4 is 18.3 Å². The van der Waals surface area contributed by atoms with E-state index in [0.29, 0.717) is 19.4 Å². The number of hydrogen-bond acceptors (Lipinski definition) is 3. The quantitative estimate of drug-likeness (QED) is 0.480. The Balaban J connectivity index is 2.83. The topological polar surface area (TPSA) is 75.7 Å². The molecule has 0 aliphatic heterocycles. The number of allylic oxidation sites excluding steroid dienone is 1. The molecule has 0 aliphatic rings. The van der Waals surface area contributed by atoms with Gasteiger partial charge in [-0.15, -0.1) is 0 Å². The summed E-state index contributed by atoms with van der Waals surface area (Å²) in [6, 6.07) is 9.34. The van der Waals surface area contributed by atoms with Gasteiger partial charge in [-0.05, 0) is 43.4 Å². The van der Waals surface area contributed by atoms with Gasteiger partial charge in [-0.1, -0.05) is 56.2 Å². The van der Waals surface area contributed by atoms with Gasteiger partial charge in [0, 0.05) is 6.21 Å². The first-order chi connectivity index (χ1) is 11.2. The lowest BCUT2D eigenvalue weighted by Crippen LogP contribution is -2.19. The highest BCUT2D eigenvalue weighted by Gasteiger charge is 2.14. The van der Waals surface area contributed by atoms with Crippen molar-refractivity contribution in [3.05, 3.63) is 41.5 Å². The Hall–Kier alpha value is -1.94. The minimum Gasteiger partial charge on any atom is -0.480 e. The highest BCUT2D eigenvalue weighted by Crippen LogP contribution is 2.13. The number of aliphatic carboxylic acids is 1. The van der Waals surface area contributed by atoms with Crippen molar-refractivity contribution in [1.29, 1.82) is 0 Å². The van der Waals surface area contributed by atoms with E-state index in [1.807, 2.05) is 30.3 Å². The van der Waals surface area contributed by atoms with E-state index in [2.05, 4.69) is 18.0 Å². The van der Waals surface area contributed by atoms with Gasteiger partial charge < -0.3 is 10.8 Å². The van der Waals surface area contributed by atoms with Gasteiger partial charge in [0.1, 0.15) is 6.04 Å². The third kappa shape index (κ3) is 8.31. The minimum absolute atomic E-state index is 0.482. The van der Waals surface area contributed by atoms with Crippen LogP contribution in [0.1, 0.15) is 51.0 Å². The number of unbranched alkanes of at least 4 members (excludes halogenated alkanes) is 2. The lowest BCUT2D eigenvalue weighted by Gasteiger charge is -2.07. The largest absolute Gasteiger partial charge is 0.480 e. The average Bonchev–Trinajstić information content (AvgIpc) is 2.55. The predicted molar refractivity (Wildman–Crippen MR) is 96.8 cm³/mol. The molecular weight excluding hydrogens is 288 g/mol. The molecule has 0 saturated carbocycles. The molecule has 0 radical (unpaired) electrons. The fourth-order valence-corrected chi connectivity index (χ4v) is 2.28. The number of benzene rings is 1. The summed E-state index contributed by atoms with van der Waals surface area (Å²) >= 11 is 0. The maximum Gasteiger partial charge on any atom is 0.328 e. The second kappa shape index (κ2) is 11.6. The van der Waals surface area contributed by atoms with E-state index in [1.54, 1.807) is 6.21 Å². The maximum absolute atomic E-state index is 11.3. The molecule has 4 nitrogen and oxygen atoms in total. The number of hydrogen-bond donors (Lipinski definition) is 2. The van der Waals surface area contributed by atoms with Gasteiger partial charge in [-0.2, -0.15) is 0 Å². The summed E-state index contributed by atoms with van der Waals surface area (Å²) in [5, 5.41) is 9.24. The summed E-state index contributed by atoms with van der Waals surface area (Å²) in [5.41, 5.74) is 7.64. The zero-order chi connectivity index (χ0) is 16.9. The molecule has 0 amide bonds. The van der Waals surface area contributed by atoms with Crippen molar-refractivity contribution in [2.45, 2.75) is 51.5 Å². The molecule has 0 bridgehead atoms. The molecule has 3 N–H and O–H groups in total. The van der Waals surface area contributed by atoms with E-state index in [0.717, 1.165) is 36.8 Å². The van der Waals surface area contributed by atoms with Gasteiger partial charge in [0.25, 0.3) is 0 Å². The second-order valence-electron chi connectivity index (χ2n) is 5.65. The number of rotatable bonds is 11. The summed E-state index contributed by atoms with van der Waals surface area (Å²) in [6.07, 6.45) is 9.29. The first kappa shape index (κ1) is 19.1. The van der Waals surface area contributed by atoms with E-state index in [4.69, 9.17) is 5.73 Å². The molecule has 0 saturated heterocycles. The predicted octanol–water partition coefficient (Wildman–Crippen LogP) is 3.91. The molecule has 1 unspecified atom stereocenters. The fraction of sp³-hybridized carbons (Fsp3) is 0.474. The van der Waals surface area contributed by atoms with Crippen molar-refractivity contribution < 1.29 is 9.90 Å². The number of carboxylic acid groups (broad SMARTS) is 1. The Kier molecular flexibility index (Phi) is 9.64. The molecule has 23 heavy (non-hydrogen) atoms. The Morgan fingerprint density at radius 1 is 1.26 bits per heavy atom. The van der Waals surface area contributed by atoms with Crippen molar-refractivity contribution in [3.8, 4) is 0 Å². The number of carboxylic acids is 1. The zero-order valence-corrected chi connectivity index (χ0v) is 13.9. The lowest BCUT2D eigenvalue weighted by molar-refractivity contribution is -0.138. The van der Waals surface area contributed by atoms with Crippen LogP contribution in [0.15, 0.2) is 40.9 Å². The van der Waals surface area contributed by atoms with Gasteiger partial charge in [-0.3, -0.25) is 4.99 Å². The SMILES string of the molecule is CCCCC/C(C=NC(CCCN)C(=O)O)=C\c1ccccc1. The smallest absolute Gasteiger partial charge is 0.328 e. The second-order valence-corrected chi connectivity index (χ2v) is 5.65. The highest BCUT2D eigenvalue weighted by molar-refractivity contribution is 5.87. The van der Waals surface area contributed by atoms with Crippen molar-refractivity contribution in [2.75, 3.05) is 6.54 Å². The number of nitrogens with zero attached hydrogens (tertiary/aromatic N) is 1. The van der Waals surface area contributed by atoms with Crippen LogP contribution in [0.25, 0.3) is 6.08 Å². The Morgan fingerprint density at radius 2 is 2.00 bits per heavy atom. The van der Waals surface area contributed by atoms with Crippen LogP contribution in [-0.2, 0) is 4.79 Å². The molecule has 0 spiro atoms. The molecule has 1 aromatic rings. The molecule has 0 fully saturated rings. The maximum atomic E-state index is 11.3. The van der Waals surface area contributed by atoms with Crippen molar-refractivity contribution in [1.82, 2.24) is 0 Å². The van der Waals surface area contributed by atoms with Crippen LogP contribution in [0, 0.1) is 0 Å². The normalized spacial score (nSPS) is 13.4. The van der Waals surface area contributed by atoms with E-state index >= 15 is 0 Å². The van der Waals surface area contributed by atoms with E-state index in [1.165, 1.54) is 0 Å². The molecule has 1 atom stereocenters. The molecular formula is C19H28N2O2. The molecule has 126 valence electrons. The van der Waals surface area contributed by atoms with Crippen LogP contribution in [0.3, 0.4) is 0 Å². The fourth-order valence-electron chi connectivity index (χ4n) is 2.28. The summed E-state index contributed by atoms with van der Waals surface area (Å²) in [4.78, 5) is 15.6. The van der Waals surface area contributed by atoms with Gasteiger partial charge in [0.15, 0.2) is 0 Å². The summed E-state index contributed by atoms with van der Waals surface area (Å²) in [7, 11) is 0.